The number of hydrogen-bond donors (Lipinski definition) is 1. The van der Waals surface area contributed by atoms with Crippen molar-refractivity contribution < 1.29 is 9.53 Å². The summed E-state index contributed by atoms with van der Waals surface area (Å²) in [6, 6.07) is 7.83. The third-order valence-electron chi connectivity index (χ3n) is 4.96. The topological polar surface area (TPSA) is 72.3 Å². The van der Waals surface area contributed by atoms with Crippen molar-refractivity contribution in [1.29, 1.82) is 0 Å². The van der Waals surface area contributed by atoms with Crippen LogP contribution in [-0.4, -0.2) is 46.1 Å². The Labute approximate surface area is 163 Å². The number of amides is 1. The Morgan fingerprint density at radius 1 is 1.22 bits per heavy atom. The predicted octanol–water partition coefficient (Wildman–Crippen LogP) is 3.34. The van der Waals surface area contributed by atoms with Crippen molar-refractivity contribution in [2.24, 2.45) is 0 Å². The van der Waals surface area contributed by atoms with E-state index in [2.05, 4.69) is 25.0 Å². The predicted molar refractivity (Wildman–Crippen MR) is 107 cm³/mol. The fourth-order valence-electron chi connectivity index (χ4n) is 3.26. The highest BCUT2D eigenvalue weighted by molar-refractivity contribution is 8.00. The molecule has 0 spiro atoms. The highest BCUT2D eigenvalue weighted by atomic mass is 32.2. The van der Waals surface area contributed by atoms with Crippen LogP contribution in [0, 0.1) is 0 Å². The van der Waals surface area contributed by atoms with Crippen molar-refractivity contribution in [3.05, 3.63) is 24.3 Å². The number of nitrogens with one attached hydrogen (secondary N) is 1. The molecule has 27 heavy (non-hydrogen) atoms. The van der Waals surface area contributed by atoms with Crippen LogP contribution < -0.4 is 15.0 Å². The van der Waals surface area contributed by atoms with Crippen molar-refractivity contribution in [2.45, 2.75) is 49.1 Å². The highest BCUT2D eigenvalue weighted by Crippen LogP contribution is 2.42. The second-order valence-corrected chi connectivity index (χ2v) is 8.36. The number of nitrogens with zero attached hydrogens (tertiary/aromatic N) is 4. The first-order valence-electron chi connectivity index (χ1n) is 9.47. The molecule has 1 atom stereocenters. The SMILES string of the molecule is COc1ccc(NC(=O)C(C)Sc2nnc(N3CCCC3)n2C2CC2)cc1. The van der Waals surface area contributed by atoms with Crippen LogP contribution in [0.15, 0.2) is 29.4 Å². The van der Waals surface area contributed by atoms with Crippen molar-refractivity contribution in [3.8, 4) is 5.75 Å². The van der Waals surface area contributed by atoms with Gasteiger partial charge in [-0.3, -0.25) is 9.36 Å². The van der Waals surface area contributed by atoms with Crippen LogP contribution in [0.4, 0.5) is 11.6 Å². The maximum absolute atomic E-state index is 12.6. The van der Waals surface area contributed by atoms with E-state index in [-0.39, 0.29) is 11.2 Å². The van der Waals surface area contributed by atoms with Crippen LogP contribution in [0.25, 0.3) is 0 Å². The number of rotatable bonds is 7. The van der Waals surface area contributed by atoms with Crippen molar-refractivity contribution in [3.63, 3.8) is 0 Å². The summed E-state index contributed by atoms with van der Waals surface area (Å²) < 4.78 is 7.39. The molecule has 2 fully saturated rings. The van der Waals surface area contributed by atoms with Gasteiger partial charge >= 0.3 is 0 Å². The third kappa shape index (κ3) is 4.05. The van der Waals surface area contributed by atoms with Gasteiger partial charge in [-0.25, -0.2) is 0 Å². The molecular formula is C19H25N5O2S. The molecule has 1 saturated carbocycles. The number of benzene rings is 1. The van der Waals surface area contributed by atoms with Gasteiger partial charge in [-0.1, -0.05) is 11.8 Å². The van der Waals surface area contributed by atoms with Gasteiger partial charge in [-0.05, 0) is 56.9 Å². The first-order valence-corrected chi connectivity index (χ1v) is 10.3. The molecular weight excluding hydrogens is 362 g/mol. The minimum absolute atomic E-state index is 0.0433. The number of anilines is 2. The number of methoxy groups -OCH3 is 1. The molecule has 2 aromatic rings. The van der Waals surface area contributed by atoms with Gasteiger partial charge in [-0.2, -0.15) is 0 Å². The van der Waals surface area contributed by atoms with Crippen LogP contribution in [0.3, 0.4) is 0 Å². The monoisotopic (exact) mass is 387 g/mol. The van der Waals surface area contributed by atoms with Crippen LogP contribution in [0.1, 0.15) is 38.6 Å². The van der Waals surface area contributed by atoms with Gasteiger partial charge in [0.2, 0.25) is 11.9 Å². The molecule has 1 aliphatic carbocycles. The summed E-state index contributed by atoms with van der Waals surface area (Å²) in [6.07, 6.45) is 4.75. The zero-order valence-electron chi connectivity index (χ0n) is 15.7. The average Bonchev–Trinajstić information content (AvgIpc) is 3.20. The molecule has 1 amide bonds. The number of carbonyl (C=O) groups is 1. The second kappa shape index (κ2) is 7.80. The Hall–Kier alpha value is -2.22. The zero-order valence-corrected chi connectivity index (χ0v) is 16.5. The lowest BCUT2D eigenvalue weighted by molar-refractivity contribution is -0.115. The Balaban J connectivity index is 1.44. The molecule has 1 saturated heterocycles. The summed E-state index contributed by atoms with van der Waals surface area (Å²) >= 11 is 1.48. The average molecular weight is 388 g/mol. The number of carbonyl (C=O) groups excluding carboxylic acids is 1. The number of aromatic nitrogens is 3. The largest absolute Gasteiger partial charge is 0.497 e. The normalized spacial score (nSPS) is 17.8. The lowest BCUT2D eigenvalue weighted by Gasteiger charge is -2.18. The first-order chi connectivity index (χ1) is 13.2. The van der Waals surface area contributed by atoms with Gasteiger partial charge in [0.25, 0.3) is 0 Å². The van der Waals surface area contributed by atoms with E-state index in [1.54, 1.807) is 7.11 Å². The molecule has 8 heteroatoms. The lowest BCUT2D eigenvalue weighted by atomic mass is 10.3. The molecule has 1 unspecified atom stereocenters. The summed E-state index contributed by atoms with van der Waals surface area (Å²) in [7, 11) is 1.62. The van der Waals surface area contributed by atoms with Gasteiger partial charge in [0, 0.05) is 24.8 Å². The number of thioether (sulfide) groups is 1. The maximum atomic E-state index is 12.6. The molecule has 1 aliphatic heterocycles. The number of hydrogen-bond acceptors (Lipinski definition) is 6. The van der Waals surface area contributed by atoms with E-state index < -0.39 is 0 Å². The smallest absolute Gasteiger partial charge is 0.237 e. The van der Waals surface area contributed by atoms with Gasteiger partial charge in [0.15, 0.2) is 5.16 Å². The number of ether oxygens (including phenoxy) is 1. The van der Waals surface area contributed by atoms with Crippen molar-refractivity contribution in [2.75, 3.05) is 30.4 Å². The summed E-state index contributed by atoms with van der Waals surface area (Å²) in [5, 5.41) is 12.4. The minimum Gasteiger partial charge on any atom is -0.497 e. The van der Waals surface area contributed by atoms with Gasteiger partial charge in [-0.15, -0.1) is 10.2 Å². The van der Waals surface area contributed by atoms with E-state index in [1.807, 2.05) is 31.2 Å². The molecule has 144 valence electrons. The first kappa shape index (κ1) is 18.2. The van der Waals surface area contributed by atoms with Crippen LogP contribution >= 0.6 is 11.8 Å². The van der Waals surface area contributed by atoms with Crippen molar-refractivity contribution in [1.82, 2.24) is 14.8 Å². The Morgan fingerprint density at radius 2 is 1.93 bits per heavy atom. The van der Waals surface area contributed by atoms with Gasteiger partial charge < -0.3 is 15.0 Å². The van der Waals surface area contributed by atoms with E-state index in [0.29, 0.717) is 6.04 Å². The summed E-state index contributed by atoms with van der Waals surface area (Å²) in [6.45, 7) is 4.00. The van der Waals surface area contributed by atoms with Crippen LogP contribution in [0.2, 0.25) is 0 Å². The molecule has 1 aromatic heterocycles. The second-order valence-electron chi connectivity index (χ2n) is 7.06. The molecule has 4 rings (SSSR count). The summed E-state index contributed by atoms with van der Waals surface area (Å²) in [5.74, 6) is 1.70. The molecule has 0 radical (unpaired) electrons. The fourth-order valence-corrected chi connectivity index (χ4v) is 4.18. The van der Waals surface area contributed by atoms with E-state index in [4.69, 9.17) is 4.74 Å². The summed E-state index contributed by atoms with van der Waals surface area (Å²) in [5.41, 5.74) is 0.759. The van der Waals surface area contributed by atoms with E-state index in [1.165, 1.54) is 37.4 Å². The van der Waals surface area contributed by atoms with Crippen molar-refractivity contribution >= 4 is 29.3 Å². The fraction of sp³-hybridized carbons (Fsp3) is 0.526. The van der Waals surface area contributed by atoms with Gasteiger partial charge in [0.1, 0.15) is 5.75 Å². The molecule has 1 aromatic carbocycles. The Kier molecular flexibility index (Phi) is 5.24. The Bertz CT molecular complexity index is 797. The Morgan fingerprint density at radius 3 is 2.56 bits per heavy atom. The quantitative estimate of drug-likeness (QED) is 0.735. The molecule has 0 bridgehead atoms. The standard InChI is InChI=1S/C19H25N5O2S/c1-13(17(25)20-14-5-9-16(26-2)10-6-14)27-19-22-21-18(23-11-3-4-12-23)24(19)15-7-8-15/h5-6,9-10,13,15H,3-4,7-8,11-12H2,1-2H3,(H,20,25). The van der Waals surface area contributed by atoms with E-state index in [0.717, 1.165) is 35.6 Å². The van der Waals surface area contributed by atoms with Crippen LogP contribution in [0.5, 0.6) is 5.75 Å². The van der Waals surface area contributed by atoms with E-state index in [9.17, 15) is 4.79 Å². The maximum Gasteiger partial charge on any atom is 0.237 e. The zero-order chi connectivity index (χ0) is 18.8. The lowest BCUT2D eigenvalue weighted by Crippen LogP contribution is -2.24. The van der Waals surface area contributed by atoms with Gasteiger partial charge in [0.05, 0.1) is 12.4 Å². The minimum atomic E-state index is -0.264. The molecule has 7 nitrogen and oxygen atoms in total. The molecule has 1 N–H and O–H groups in total. The molecule has 2 aliphatic rings. The third-order valence-corrected chi connectivity index (χ3v) is 6.01. The van der Waals surface area contributed by atoms with Crippen LogP contribution in [-0.2, 0) is 4.79 Å². The van der Waals surface area contributed by atoms with E-state index >= 15 is 0 Å². The highest BCUT2D eigenvalue weighted by Gasteiger charge is 2.33. The molecule has 2 heterocycles. The summed E-state index contributed by atoms with van der Waals surface area (Å²) in [4.78, 5) is 14.9.